The van der Waals surface area contributed by atoms with Gasteiger partial charge in [-0.15, -0.1) is 0 Å². The van der Waals surface area contributed by atoms with E-state index < -0.39 is 0 Å². The van der Waals surface area contributed by atoms with Gasteiger partial charge in [0.1, 0.15) is 0 Å². The molecule has 0 aliphatic carbocycles. The predicted octanol–water partition coefficient (Wildman–Crippen LogP) is 2.60. The fourth-order valence-electron chi connectivity index (χ4n) is 3.01. The zero-order valence-electron chi connectivity index (χ0n) is 14.4. The van der Waals surface area contributed by atoms with Crippen molar-refractivity contribution in [3.05, 3.63) is 35.9 Å². The molecule has 0 bridgehead atoms. The van der Waals surface area contributed by atoms with Gasteiger partial charge in [0.15, 0.2) is 5.96 Å². The molecule has 1 aliphatic rings. The molecular formula is C18H30N4. The number of hydrogen-bond acceptors (Lipinski definition) is 2. The third-order valence-corrected chi connectivity index (χ3v) is 4.56. The molecule has 1 fully saturated rings. The van der Waals surface area contributed by atoms with Crippen molar-refractivity contribution in [3.63, 3.8) is 0 Å². The molecule has 1 atom stereocenters. The van der Waals surface area contributed by atoms with Crippen LogP contribution in [-0.2, 0) is 0 Å². The van der Waals surface area contributed by atoms with Gasteiger partial charge in [0.25, 0.3) is 0 Å². The molecule has 0 spiro atoms. The van der Waals surface area contributed by atoms with E-state index in [0.29, 0.717) is 6.04 Å². The van der Waals surface area contributed by atoms with E-state index in [9.17, 15) is 0 Å². The van der Waals surface area contributed by atoms with Crippen molar-refractivity contribution in [2.24, 2.45) is 10.9 Å². The first-order valence-electron chi connectivity index (χ1n) is 8.28. The van der Waals surface area contributed by atoms with Crippen LogP contribution in [-0.4, -0.2) is 56.5 Å². The highest BCUT2D eigenvalue weighted by atomic mass is 15.3. The Kier molecular flexibility index (Phi) is 6.25. The van der Waals surface area contributed by atoms with Crippen molar-refractivity contribution in [1.82, 2.24) is 15.1 Å². The molecule has 1 unspecified atom stereocenters. The van der Waals surface area contributed by atoms with E-state index in [-0.39, 0.29) is 0 Å². The molecule has 0 saturated carbocycles. The second kappa shape index (κ2) is 8.18. The zero-order chi connectivity index (χ0) is 15.9. The number of guanidine groups is 1. The molecule has 0 radical (unpaired) electrons. The quantitative estimate of drug-likeness (QED) is 0.685. The van der Waals surface area contributed by atoms with Crippen LogP contribution in [0.3, 0.4) is 0 Å². The first-order valence-corrected chi connectivity index (χ1v) is 8.28. The molecule has 1 aliphatic heterocycles. The van der Waals surface area contributed by atoms with Gasteiger partial charge in [-0.25, -0.2) is 0 Å². The van der Waals surface area contributed by atoms with Crippen molar-refractivity contribution >= 4 is 5.96 Å². The maximum Gasteiger partial charge on any atom is 0.193 e. The Hall–Kier alpha value is -1.55. The van der Waals surface area contributed by atoms with Crippen LogP contribution < -0.4 is 5.32 Å². The Labute approximate surface area is 135 Å². The summed E-state index contributed by atoms with van der Waals surface area (Å²) in [5, 5.41) is 3.57. The van der Waals surface area contributed by atoms with Gasteiger partial charge in [-0.1, -0.05) is 37.3 Å². The summed E-state index contributed by atoms with van der Waals surface area (Å²) < 4.78 is 0. The van der Waals surface area contributed by atoms with Crippen molar-refractivity contribution in [2.45, 2.75) is 25.8 Å². The molecule has 1 aromatic rings. The highest BCUT2D eigenvalue weighted by molar-refractivity contribution is 5.80. The molecule has 1 saturated heterocycles. The second-order valence-corrected chi connectivity index (χ2v) is 6.49. The van der Waals surface area contributed by atoms with Crippen molar-refractivity contribution < 1.29 is 0 Å². The van der Waals surface area contributed by atoms with Gasteiger partial charge >= 0.3 is 0 Å². The molecule has 1 heterocycles. The molecule has 1 aromatic carbocycles. The number of rotatable bonds is 4. The van der Waals surface area contributed by atoms with Gasteiger partial charge in [0.05, 0.1) is 6.04 Å². The van der Waals surface area contributed by atoms with E-state index in [1.54, 1.807) is 0 Å². The number of hydrogen-bond donors (Lipinski definition) is 1. The Morgan fingerprint density at radius 2 is 1.91 bits per heavy atom. The molecule has 0 amide bonds. The van der Waals surface area contributed by atoms with Crippen LogP contribution in [0.4, 0.5) is 0 Å². The maximum absolute atomic E-state index is 4.47. The summed E-state index contributed by atoms with van der Waals surface area (Å²) in [6.45, 7) is 5.43. The van der Waals surface area contributed by atoms with Gasteiger partial charge in [-0.2, -0.15) is 0 Å². The number of nitrogens with zero attached hydrogens (tertiary/aromatic N) is 3. The molecule has 2 rings (SSSR count). The summed E-state index contributed by atoms with van der Waals surface area (Å²) in [6.07, 6.45) is 2.52. The monoisotopic (exact) mass is 302 g/mol. The number of piperidine rings is 1. The smallest absolute Gasteiger partial charge is 0.193 e. The fourth-order valence-corrected chi connectivity index (χ4v) is 3.01. The van der Waals surface area contributed by atoms with Crippen molar-refractivity contribution in [2.75, 3.05) is 40.8 Å². The average molecular weight is 302 g/mol. The maximum atomic E-state index is 4.47. The molecular weight excluding hydrogens is 272 g/mol. The molecule has 122 valence electrons. The number of nitrogens with one attached hydrogen (secondary N) is 1. The van der Waals surface area contributed by atoms with Crippen LogP contribution in [0.25, 0.3) is 0 Å². The first-order chi connectivity index (χ1) is 10.6. The van der Waals surface area contributed by atoms with E-state index in [2.05, 4.69) is 71.5 Å². The lowest BCUT2D eigenvalue weighted by Crippen LogP contribution is -2.47. The third kappa shape index (κ3) is 4.47. The summed E-state index contributed by atoms with van der Waals surface area (Å²) >= 11 is 0. The van der Waals surface area contributed by atoms with Crippen LogP contribution in [0.15, 0.2) is 35.3 Å². The van der Waals surface area contributed by atoms with E-state index >= 15 is 0 Å². The summed E-state index contributed by atoms with van der Waals surface area (Å²) in [6, 6.07) is 11.0. The van der Waals surface area contributed by atoms with Gasteiger partial charge in [-0.3, -0.25) is 4.99 Å². The Morgan fingerprint density at radius 3 is 2.45 bits per heavy atom. The largest absolute Gasteiger partial charge is 0.354 e. The topological polar surface area (TPSA) is 30.9 Å². The minimum absolute atomic E-state index is 0.349. The first kappa shape index (κ1) is 16.8. The van der Waals surface area contributed by atoms with E-state index in [1.165, 1.54) is 18.4 Å². The van der Waals surface area contributed by atoms with Crippen LogP contribution >= 0.6 is 0 Å². The highest BCUT2D eigenvalue weighted by Crippen LogP contribution is 2.18. The van der Waals surface area contributed by atoms with E-state index in [1.807, 2.05) is 7.05 Å². The number of benzene rings is 1. The summed E-state index contributed by atoms with van der Waals surface area (Å²) in [5.74, 6) is 1.88. The van der Waals surface area contributed by atoms with Crippen LogP contribution in [0, 0.1) is 5.92 Å². The molecule has 1 N–H and O–H groups in total. The average Bonchev–Trinajstić information content (AvgIpc) is 2.53. The third-order valence-electron chi connectivity index (χ3n) is 4.56. The van der Waals surface area contributed by atoms with E-state index in [0.717, 1.165) is 31.5 Å². The lowest BCUT2D eigenvalue weighted by molar-refractivity contribution is 0.264. The minimum atomic E-state index is 0.349. The van der Waals surface area contributed by atoms with Gasteiger partial charge in [0, 0.05) is 26.7 Å². The normalized spacial score (nSPS) is 18.6. The van der Waals surface area contributed by atoms with Crippen LogP contribution in [0.1, 0.15) is 31.4 Å². The SMILES string of the molecule is CN=C(NCC(c1ccccc1)N(C)C)N1CCC(C)CC1. The molecule has 4 heteroatoms. The number of likely N-dealkylation sites (tertiary alicyclic amines) is 1. The van der Waals surface area contributed by atoms with Gasteiger partial charge in [0.2, 0.25) is 0 Å². The Morgan fingerprint density at radius 1 is 1.27 bits per heavy atom. The van der Waals surface area contributed by atoms with Gasteiger partial charge in [-0.05, 0) is 38.4 Å². The number of aliphatic imine (C=N–C) groups is 1. The van der Waals surface area contributed by atoms with Crippen molar-refractivity contribution in [3.8, 4) is 0 Å². The summed E-state index contributed by atoms with van der Waals surface area (Å²) in [7, 11) is 6.14. The number of likely N-dealkylation sites (N-methyl/N-ethyl adjacent to an activating group) is 1. The second-order valence-electron chi connectivity index (χ2n) is 6.49. The molecule has 0 aromatic heterocycles. The summed E-state index contributed by atoms with van der Waals surface area (Å²) in [4.78, 5) is 9.12. The standard InChI is InChI=1S/C18H30N4/c1-15-10-12-22(13-11-15)18(19-2)20-14-17(21(3)4)16-8-6-5-7-9-16/h5-9,15,17H,10-14H2,1-4H3,(H,19,20). The fraction of sp³-hybridized carbons (Fsp3) is 0.611. The van der Waals surface area contributed by atoms with Crippen molar-refractivity contribution in [1.29, 1.82) is 0 Å². The molecule has 22 heavy (non-hydrogen) atoms. The predicted molar refractivity (Wildman–Crippen MR) is 94.2 cm³/mol. The van der Waals surface area contributed by atoms with Gasteiger partial charge < -0.3 is 15.1 Å². The lowest BCUT2D eigenvalue weighted by Gasteiger charge is -2.34. The minimum Gasteiger partial charge on any atom is -0.354 e. The van der Waals surface area contributed by atoms with Crippen LogP contribution in [0.5, 0.6) is 0 Å². The van der Waals surface area contributed by atoms with E-state index in [4.69, 9.17) is 0 Å². The zero-order valence-corrected chi connectivity index (χ0v) is 14.4. The Bertz CT molecular complexity index is 461. The lowest BCUT2D eigenvalue weighted by atomic mass is 9.99. The highest BCUT2D eigenvalue weighted by Gasteiger charge is 2.20. The summed E-state index contributed by atoms with van der Waals surface area (Å²) in [5.41, 5.74) is 1.34. The Balaban J connectivity index is 1.96. The van der Waals surface area contributed by atoms with Crippen LogP contribution in [0.2, 0.25) is 0 Å². The molecule has 4 nitrogen and oxygen atoms in total.